The van der Waals surface area contributed by atoms with Crippen molar-refractivity contribution >= 4 is 27.6 Å². The van der Waals surface area contributed by atoms with E-state index in [9.17, 15) is 13.2 Å². The number of aromatic nitrogens is 2. The summed E-state index contributed by atoms with van der Waals surface area (Å²) in [6.45, 7) is 10.3. The lowest BCUT2D eigenvalue weighted by atomic mass is 9.93. The van der Waals surface area contributed by atoms with Crippen molar-refractivity contribution in [2.45, 2.75) is 44.4 Å². The molecule has 1 aliphatic heterocycles. The van der Waals surface area contributed by atoms with E-state index < -0.39 is 16.1 Å². The number of hydrogen-bond donors (Lipinski definition) is 2. The second-order valence-corrected chi connectivity index (χ2v) is 9.71. The molecule has 9 nitrogen and oxygen atoms in total. The van der Waals surface area contributed by atoms with Gasteiger partial charge in [0, 0.05) is 24.8 Å². The van der Waals surface area contributed by atoms with Crippen LogP contribution < -0.4 is 14.9 Å². The maximum absolute atomic E-state index is 12.8. The number of amides is 2. The first-order chi connectivity index (χ1) is 14.7. The average Bonchev–Trinajstić information content (AvgIpc) is 2.74. The minimum atomic E-state index is -4.13. The maximum atomic E-state index is 12.8. The summed E-state index contributed by atoms with van der Waals surface area (Å²) < 4.78 is 33.0. The van der Waals surface area contributed by atoms with Crippen molar-refractivity contribution in [1.29, 1.82) is 0 Å². The number of carbonyl (C=O) groups is 1. The molecule has 0 radical (unpaired) electrons. The minimum absolute atomic E-state index is 0.125. The van der Waals surface area contributed by atoms with Crippen molar-refractivity contribution in [3.05, 3.63) is 41.6 Å². The third-order valence-electron chi connectivity index (χ3n) is 5.10. The standard InChI is InChI=1S/C21H29N5O4S/c1-14(2)17-6-5-7-18(15(3)4)20(17)23-21(27)25-31(28,29)16-12-19(24-22-13-16)26-8-10-30-11-9-26/h5-7,12-15H,8-11H2,1-4H3,(H2,23,25,27). The lowest BCUT2D eigenvalue weighted by molar-refractivity contribution is 0.122. The lowest BCUT2D eigenvalue weighted by Crippen LogP contribution is -2.37. The number of sulfonamides is 1. The second kappa shape index (κ2) is 9.61. The number of urea groups is 1. The van der Waals surface area contributed by atoms with Gasteiger partial charge in [0.2, 0.25) is 0 Å². The molecular weight excluding hydrogens is 418 g/mol. The topological polar surface area (TPSA) is 114 Å². The van der Waals surface area contributed by atoms with Crippen LogP contribution in [0.15, 0.2) is 35.4 Å². The number of ether oxygens (including phenoxy) is 1. The van der Waals surface area contributed by atoms with Crippen LogP contribution in [0.2, 0.25) is 0 Å². The highest BCUT2D eigenvalue weighted by Crippen LogP contribution is 2.32. The summed E-state index contributed by atoms with van der Waals surface area (Å²) in [6.07, 6.45) is 1.13. The summed E-state index contributed by atoms with van der Waals surface area (Å²) in [4.78, 5) is 14.4. The number of hydrogen-bond acceptors (Lipinski definition) is 7. The Morgan fingerprint density at radius 1 is 1.10 bits per heavy atom. The Morgan fingerprint density at radius 2 is 1.71 bits per heavy atom. The number of morpholine rings is 1. The van der Waals surface area contributed by atoms with Gasteiger partial charge in [-0.15, -0.1) is 5.10 Å². The second-order valence-electron chi connectivity index (χ2n) is 8.03. The monoisotopic (exact) mass is 447 g/mol. The molecule has 168 valence electrons. The van der Waals surface area contributed by atoms with E-state index in [1.54, 1.807) is 0 Å². The van der Waals surface area contributed by atoms with Crippen molar-refractivity contribution in [1.82, 2.24) is 14.9 Å². The first-order valence-corrected chi connectivity index (χ1v) is 11.8. The van der Waals surface area contributed by atoms with Crippen molar-refractivity contribution in [3.63, 3.8) is 0 Å². The lowest BCUT2D eigenvalue weighted by Gasteiger charge is -2.27. The number of nitrogens with one attached hydrogen (secondary N) is 2. The van der Waals surface area contributed by atoms with Crippen molar-refractivity contribution in [2.75, 3.05) is 36.5 Å². The van der Waals surface area contributed by atoms with Gasteiger partial charge in [0.1, 0.15) is 4.90 Å². The van der Waals surface area contributed by atoms with Gasteiger partial charge in [-0.2, -0.15) is 5.10 Å². The van der Waals surface area contributed by atoms with E-state index >= 15 is 0 Å². The molecule has 1 aliphatic rings. The van der Waals surface area contributed by atoms with Gasteiger partial charge in [-0.25, -0.2) is 17.9 Å². The number of carbonyl (C=O) groups excluding carboxylic acids is 1. The largest absolute Gasteiger partial charge is 0.378 e. The van der Waals surface area contributed by atoms with Crippen LogP contribution >= 0.6 is 0 Å². The van der Waals surface area contributed by atoms with Crippen molar-refractivity contribution < 1.29 is 17.9 Å². The summed E-state index contributed by atoms with van der Waals surface area (Å²) in [5.41, 5.74) is 2.53. The van der Waals surface area contributed by atoms with Gasteiger partial charge in [0.15, 0.2) is 5.82 Å². The molecule has 0 aliphatic carbocycles. The highest BCUT2D eigenvalue weighted by Gasteiger charge is 2.23. The van der Waals surface area contributed by atoms with Gasteiger partial charge in [-0.1, -0.05) is 45.9 Å². The molecule has 1 saturated heterocycles. The van der Waals surface area contributed by atoms with Crippen LogP contribution in [0.25, 0.3) is 0 Å². The summed E-state index contributed by atoms with van der Waals surface area (Å²) in [5.74, 6) is 0.746. The molecule has 0 spiro atoms. The van der Waals surface area contributed by atoms with Crippen LogP contribution in [0.1, 0.15) is 50.7 Å². The third-order valence-corrected chi connectivity index (χ3v) is 6.40. The Balaban J connectivity index is 1.81. The van der Waals surface area contributed by atoms with Crippen LogP contribution in [-0.4, -0.2) is 50.9 Å². The van der Waals surface area contributed by atoms with E-state index in [4.69, 9.17) is 4.74 Å². The zero-order valence-corrected chi connectivity index (χ0v) is 19.1. The van der Waals surface area contributed by atoms with Gasteiger partial charge in [0.05, 0.1) is 19.4 Å². The van der Waals surface area contributed by atoms with Gasteiger partial charge < -0.3 is 15.0 Å². The van der Waals surface area contributed by atoms with E-state index in [1.165, 1.54) is 6.07 Å². The quantitative estimate of drug-likeness (QED) is 0.699. The van der Waals surface area contributed by atoms with Crippen molar-refractivity contribution in [2.24, 2.45) is 0 Å². The molecular formula is C21H29N5O4S. The first kappa shape index (κ1) is 23.0. The van der Waals surface area contributed by atoms with Crippen LogP contribution in [0.5, 0.6) is 0 Å². The van der Waals surface area contributed by atoms with E-state index in [1.807, 2.05) is 50.8 Å². The minimum Gasteiger partial charge on any atom is -0.378 e. The normalized spacial score (nSPS) is 14.7. The molecule has 0 bridgehead atoms. The van der Waals surface area contributed by atoms with E-state index in [2.05, 4.69) is 20.2 Å². The number of benzene rings is 1. The zero-order chi connectivity index (χ0) is 22.6. The predicted molar refractivity (Wildman–Crippen MR) is 119 cm³/mol. The molecule has 0 atom stereocenters. The Kier molecular flexibility index (Phi) is 7.11. The Bertz CT molecular complexity index is 1010. The average molecular weight is 448 g/mol. The first-order valence-electron chi connectivity index (χ1n) is 10.3. The number of rotatable bonds is 6. The molecule has 2 aromatic rings. The maximum Gasteiger partial charge on any atom is 0.333 e. The highest BCUT2D eigenvalue weighted by atomic mass is 32.2. The SMILES string of the molecule is CC(C)c1cccc(C(C)C)c1NC(=O)NS(=O)(=O)c1cnnc(N2CCOCC2)c1. The third kappa shape index (κ3) is 5.50. The molecule has 2 N–H and O–H groups in total. The molecule has 2 heterocycles. The molecule has 10 heteroatoms. The predicted octanol–water partition coefficient (Wildman–Crippen LogP) is 3.07. The van der Waals surface area contributed by atoms with Crippen molar-refractivity contribution in [3.8, 4) is 0 Å². The summed E-state index contributed by atoms with van der Waals surface area (Å²) in [7, 11) is -4.13. The summed E-state index contributed by atoms with van der Waals surface area (Å²) >= 11 is 0. The molecule has 31 heavy (non-hydrogen) atoms. The fourth-order valence-electron chi connectivity index (χ4n) is 3.45. The van der Waals surface area contributed by atoms with E-state index in [0.29, 0.717) is 37.8 Å². The van der Waals surface area contributed by atoms with Gasteiger partial charge >= 0.3 is 6.03 Å². The fraction of sp³-hybridized carbons (Fsp3) is 0.476. The van der Waals surface area contributed by atoms with Crippen LogP contribution in [0, 0.1) is 0 Å². The molecule has 1 fully saturated rings. The van der Waals surface area contributed by atoms with E-state index in [-0.39, 0.29) is 16.7 Å². The molecule has 1 aromatic carbocycles. The van der Waals surface area contributed by atoms with E-state index in [0.717, 1.165) is 17.3 Å². The number of nitrogens with zero attached hydrogens (tertiary/aromatic N) is 3. The molecule has 2 amide bonds. The Morgan fingerprint density at radius 3 is 2.29 bits per heavy atom. The fourth-order valence-corrected chi connectivity index (χ4v) is 4.31. The van der Waals surface area contributed by atoms with Gasteiger partial charge in [-0.05, 0) is 23.0 Å². The molecule has 1 aromatic heterocycles. The highest BCUT2D eigenvalue weighted by molar-refractivity contribution is 7.90. The number of anilines is 2. The van der Waals surface area contributed by atoms with Crippen LogP contribution in [0.4, 0.5) is 16.3 Å². The Labute approximate surface area is 183 Å². The van der Waals surface area contributed by atoms with Gasteiger partial charge in [0.25, 0.3) is 10.0 Å². The van der Waals surface area contributed by atoms with Crippen LogP contribution in [-0.2, 0) is 14.8 Å². The number of para-hydroxylation sites is 1. The molecule has 0 unspecified atom stereocenters. The zero-order valence-electron chi connectivity index (χ0n) is 18.3. The Hall–Kier alpha value is -2.72. The molecule has 0 saturated carbocycles. The smallest absolute Gasteiger partial charge is 0.333 e. The molecule has 3 rings (SSSR count). The summed E-state index contributed by atoms with van der Waals surface area (Å²) in [5, 5.41) is 10.6. The van der Waals surface area contributed by atoms with Gasteiger partial charge in [-0.3, -0.25) is 0 Å². The summed E-state index contributed by atoms with van der Waals surface area (Å²) in [6, 6.07) is 6.40. The van der Waals surface area contributed by atoms with Crippen LogP contribution in [0.3, 0.4) is 0 Å².